The first-order valence-corrected chi connectivity index (χ1v) is 9.81. The summed E-state index contributed by atoms with van der Waals surface area (Å²) in [6, 6.07) is 10.3. The topological polar surface area (TPSA) is 108 Å². The highest BCUT2D eigenvalue weighted by atomic mass is 19.1. The molecule has 154 valence electrons. The van der Waals surface area contributed by atoms with Crippen molar-refractivity contribution < 1.29 is 14.3 Å². The molecule has 3 aromatic rings. The lowest BCUT2D eigenvalue weighted by molar-refractivity contribution is -0.142. The molecule has 0 bridgehead atoms. The molecule has 0 aliphatic heterocycles. The lowest BCUT2D eigenvalue weighted by Crippen LogP contribution is -2.31. The summed E-state index contributed by atoms with van der Waals surface area (Å²) in [5, 5.41) is 12.4. The highest BCUT2D eigenvalue weighted by Crippen LogP contribution is 2.28. The molecule has 2 heterocycles. The zero-order chi connectivity index (χ0) is 21.1. The van der Waals surface area contributed by atoms with Gasteiger partial charge in [-0.2, -0.15) is 0 Å². The normalized spacial score (nSPS) is 18.7. The lowest BCUT2D eigenvalue weighted by Gasteiger charge is -2.27. The Morgan fingerprint density at radius 3 is 2.83 bits per heavy atom. The van der Waals surface area contributed by atoms with Gasteiger partial charge in [0.15, 0.2) is 5.82 Å². The Hall–Kier alpha value is -3.55. The molecule has 1 fully saturated rings. The maximum absolute atomic E-state index is 14.5. The van der Waals surface area contributed by atoms with Crippen molar-refractivity contribution >= 4 is 11.9 Å². The molecule has 0 radical (unpaired) electrons. The number of aliphatic carboxylic acids is 1. The van der Waals surface area contributed by atoms with E-state index in [0.29, 0.717) is 29.5 Å². The lowest BCUT2D eigenvalue weighted by atomic mass is 9.86. The van der Waals surface area contributed by atoms with Gasteiger partial charge >= 0.3 is 5.97 Å². The van der Waals surface area contributed by atoms with E-state index in [2.05, 4.69) is 20.3 Å². The fraction of sp³-hybridized carbons (Fsp3) is 0.273. The third-order valence-corrected chi connectivity index (χ3v) is 5.37. The molecule has 1 aliphatic carbocycles. The molecule has 0 amide bonds. The van der Waals surface area contributed by atoms with Gasteiger partial charge in [0.1, 0.15) is 5.69 Å². The minimum Gasteiger partial charge on any atom is -0.481 e. The Kier molecular flexibility index (Phi) is 5.56. The highest BCUT2D eigenvalue weighted by molar-refractivity contribution is 5.71. The van der Waals surface area contributed by atoms with Crippen molar-refractivity contribution in [3.63, 3.8) is 0 Å². The number of hydrogen-bond acceptors (Lipinski definition) is 5. The van der Waals surface area contributed by atoms with Crippen LogP contribution < -0.4 is 10.9 Å². The Morgan fingerprint density at radius 1 is 1.20 bits per heavy atom. The number of carboxylic acids is 1. The summed E-state index contributed by atoms with van der Waals surface area (Å²) >= 11 is 0. The number of nitrogens with one attached hydrogen (secondary N) is 2. The van der Waals surface area contributed by atoms with Crippen LogP contribution in [0.1, 0.15) is 25.7 Å². The molecular weight excluding hydrogens is 387 g/mol. The summed E-state index contributed by atoms with van der Waals surface area (Å²) in [5.41, 5.74) is 1.54. The van der Waals surface area contributed by atoms with E-state index < -0.39 is 17.7 Å². The third-order valence-electron chi connectivity index (χ3n) is 5.37. The molecule has 7 nitrogen and oxygen atoms in total. The fourth-order valence-corrected chi connectivity index (χ4v) is 3.85. The monoisotopic (exact) mass is 408 g/mol. The standard InChI is InChI=1S/C22H21FN4O3/c23-18-12-25-22(26-16-7-2-6-15(11-16)21(29)30)27-19(18)14-5-1-4-13(10-14)17-8-3-9-24-20(17)28/h1,3-5,8-10,12,15-16H,2,6-7,11H2,(H,24,28)(H,29,30)(H,25,26,27). The molecule has 1 aromatic carbocycles. The van der Waals surface area contributed by atoms with Gasteiger partial charge in [-0.3, -0.25) is 9.59 Å². The van der Waals surface area contributed by atoms with Crippen LogP contribution in [0.15, 0.2) is 53.6 Å². The Labute approximate surface area is 172 Å². The van der Waals surface area contributed by atoms with Gasteiger partial charge in [0.25, 0.3) is 5.56 Å². The average Bonchev–Trinajstić information content (AvgIpc) is 2.76. The number of H-pyrrole nitrogens is 1. The molecule has 30 heavy (non-hydrogen) atoms. The molecule has 2 atom stereocenters. The number of rotatable bonds is 5. The molecule has 4 rings (SSSR count). The Bertz CT molecular complexity index is 1130. The van der Waals surface area contributed by atoms with E-state index in [-0.39, 0.29) is 23.2 Å². The first-order chi connectivity index (χ1) is 14.5. The predicted octanol–water partition coefficient (Wildman–Crippen LogP) is 3.69. The van der Waals surface area contributed by atoms with Crippen molar-refractivity contribution in [3.8, 4) is 22.4 Å². The number of aromatic amines is 1. The van der Waals surface area contributed by atoms with Crippen LogP contribution in [0, 0.1) is 11.7 Å². The van der Waals surface area contributed by atoms with Gasteiger partial charge in [-0.25, -0.2) is 14.4 Å². The molecule has 0 spiro atoms. The number of pyridine rings is 1. The van der Waals surface area contributed by atoms with E-state index >= 15 is 0 Å². The second-order valence-electron chi connectivity index (χ2n) is 7.43. The molecule has 1 saturated carbocycles. The molecule has 3 N–H and O–H groups in total. The van der Waals surface area contributed by atoms with E-state index in [9.17, 15) is 19.1 Å². The molecule has 0 saturated heterocycles. The van der Waals surface area contributed by atoms with Crippen LogP contribution in [0.4, 0.5) is 10.3 Å². The summed E-state index contributed by atoms with van der Waals surface area (Å²) in [6.45, 7) is 0. The summed E-state index contributed by atoms with van der Waals surface area (Å²) < 4.78 is 14.5. The van der Waals surface area contributed by atoms with Crippen LogP contribution in [0.3, 0.4) is 0 Å². The van der Waals surface area contributed by atoms with E-state index in [1.807, 2.05) is 0 Å². The minimum absolute atomic E-state index is 0.0765. The van der Waals surface area contributed by atoms with Gasteiger partial charge in [0.2, 0.25) is 5.95 Å². The number of benzene rings is 1. The first-order valence-electron chi connectivity index (χ1n) is 9.81. The number of anilines is 1. The number of aromatic nitrogens is 3. The number of carboxylic acid groups (broad SMARTS) is 1. The molecule has 2 unspecified atom stereocenters. The van der Waals surface area contributed by atoms with E-state index in [0.717, 1.165) is 19.0 Å². The van der Waals surface area contributed by atoms with E-state index in [1.165, 1.54) is 0 Å². The van der Waals surface area contributed by atoms with Crippen molar-refractivity contribution in [2.24, 2.45) is 5.92 Å². The SMILES string of the molecule is O=C(O)C1CCCC(Nc2ncc(F)c(-c3cccc(-c4ccc[nH]c4=O)c3)n2)C1. The molecular formula is C22H21FN4O3. The van der Waals surface area contributed by atoms with Crippen LogP contribution in [-0.2, 0) is 4.79 Å². The van der Waals surface area contributed by atoms with Crippen LogP contribution in [0.2, 0.25) is 0 Å². The number of hydrogen-bond donors (Lipinski definition) is 3. The maximum Gasteiger partial charge on any atom is 0.306 e. The number of nitrogens with zero attached hydrogens (tertiary/aromatic N) is 2. The Morgan fingerprint density at radius 2 is 2.03 bits per heavy atom. The van der Waals surface area contributed by atoms with Crippen molar-refractivity contribution in [3.05, 3.63) is 65.0 Å². The minimum atomic E-state index is -0.796. The number of carbonyl (C=O) groups is 1. The van der Waals surface area contributed by atoms with Gasteiger partial charge in [0.05, 0.1) is 12.1 Å². The summed E-state index contributed by atoms with van der Waals surface area (Å²) in [4.78, 5) is 34.3. The second-order valence-corrected chi connectivity index (χ2v) is 7.43. The highest BCUT2D eigenvalue weighted by Gasteiger charge is 2.27. The van der Waals surface area contributed by atoms with Crippen LogP contribution in [-0.4, -0.2) is 32.1 Å². The van der Waals surface area contributed by atoms with Gasteiger partial charge in [-0.1, -0.05) is 24.6 Å². The Balaban J connectivity index is 1.61. The quantitative estimate of drug-likeness (QED) is 0.594. The van der Waals surface area contributed by atoms with Crippen LogP contribution in [0.25, 0.3) is 22.4 Å². The smallest absolute Gasteiger partial charge is 0.306 e. The van der Waals surface area contributed by atoms with Crippen molar-refractivity contribution in [1.29, 1.82) is 0 Å². The first kappa shape index (κ1) is 19.8. The van der Waals surface area contributed by atoms with Crippen molar-refractivity contribution in [2.45, 2.75) is 31.7 Å². The van der Waals surface area contributed by atoms with Gasteiger partial charge in [0, 0.05) is 23.4 Å². The van der Waals surface area contributed by atoms with Gasteiger partial charge in [-0.15, -0.1) is 0 Å². The van der Waals surface area contributed by atoms with Crippen LogP contribution in [0.5, 0.6) is 0 Å². The predicted molar refractivity (Wildman–Crippen MR) is 110 cm³/mol. The zero-order valence-electron chi connectivity index (χ0n) is 16.1. The van der Waals surface area contributed by atoms with Gasteiger partial charge < -0.3 is 15.4 Å². The average molecular weight is 408 g/mol. The van der Waals surface area contributed by atoms with Crippen molar-refractivity contribution in [1.82, 2.24) is 15.0 Å². The largest absolute Gasteiger partial charge is 0.481 e. The maximum atomic E-state index is 14.5. The fourth-order valence-electron chi connectivity index (χ4n) is 3.85. The molecule has 8 heteroatoms. The summed E-state index contributed by atoms with van der Waals surface area (Å²) in [7, 11) is 0. The summed E-state index contributed by atoms with van der Waals surface area (Å²) in [6.07, 6.45) is 5.41. The van der Waals surface area contributed by atoms with Gasteiger partial charge in [-0.05, 0) is 43.0 Å². The molecule has 1 aliphatic rings. The number of halogens is 1. The summed E-state index contributed by atoms with van der Waals surface area (Å²) in [5.74, 6) is -1.51. The van der Waals surface area contributed by atoms with E-state index in [1.54, 1.807) is 42.6 Å². The second kappa shape index (κ2) is 8.44. The zero-order valence-corrected chi connectivity index (χ0v) is 16.1. The molecule has 2 aromatic heterocycles. The van der Waals surface area contributed by atoms with E-state index in [4.69, 9.17) is 0 Å². The third kappa shape index (κ3) is 4.22. The van der Waals surface area contributed by atoms with Crippen molar-refractivity contribution in [2.75, 3.05) is 5.32 Å². The van der Waals surface area contributed by atoms with Crippen LogP contribution >= 0.6 is 0 Å².